The van der Waals surface area contributed by atoms with Crippen LogP contribution in [0.4, 0.5) is 5.69 Å². The van der Waals surface area contributed by atoms with Gasteiger partial charge < -0.3 is 20.4 Å². The summed E-state index contributed by atoms with van der Waals surface area (Å²) < 4.78 is 0. The van der Waals surface area contributed by atoms with Gasteiger partial charge in [-0.1, -0.05) is 11.6 Å². The first kappa shape index (κ1) is 21.4. The van der Waals surface area contributed by atoms with E-state index < -0.39 is 0 Å². The number of rotatable bonds is 6. The number of carbonyl (C=O) groups excluding carboxylic acids is 1. The second-order valence-corrected chi connectivity index (χ2v) is 8.57. The van der Waals surface area contributed by atoms with E-state index in [1.165, 1.54) is 4.88 Å². The molecule has 0 spiro atoms. The summed E-state index contributed by atoms with van der Waals surface area (Å²) in [7, 11) is 1.71. The van der Waals surface area contributed by atoms with Crippen molar-refractivity contribution < 1.29 is 4.79 Å². The number of amides is 1. The van der Waals surface area contributed by atoms with Crippen molar-refractivity contribution in [3.05, 3.63) is 45.4 Å². The standard InChI is InChI=1S/C20H27ClN6OS/c1-15-13-24-18(29-15)7-8-23-20(22-2)25-14-19(28)27-11-9-26(10-12-27)17-5-3-16(21)4-6-17/h3-6,13H,7-12,14H2,1-2H3,(H2,22,23,25). The molecular formula is C20H27ClN6OS. The number of hydrogen-bond donors (Lipinski definition) is 2. The summed E-state index contributed by atoms with van der Waals surface area (Å²) >= 11 is 7.66. The SMILES string of the molecule is CN=C(NCCc1ncc(C)s1)NCC(=O)N1CCN(c2ccc(Cl)cc2)CC1. The third kappa shape index (κ3) is 6.33. The van der Waals surface area contributed by atoms with Gasteiger partial charge in [0.05, 0.1) is 11.6 Å². The van der Waals surface area contributed by atoms with Gasteiger partial charge in [-0.25, -0.2) is 4.98 Å². The topological polar surface area (TPSA) is 72.9 Å². The number of benzene rings is 1. The molecule has 1 aromatic carbocycles. The Morgan fingerprint density at radius 2 is 1.93 bits per heavy atom. The highest BCUT2D eigenvalue weighted by molar-refractivity contribution is 7.11. The summed E-state index contributed by atoms with van der Waals surface area (Å²) in [5, 5.41) is 8.17. The summed E-state index contributed by atoms with van der Waals surface area (Å²) in [6.45, 7) is 6.05. The number of carbonyl (C=O) groups is 1. The van der Waals surface area contributed by atoms with E-state index in [2.05, 4.69) is 32.4 Å². The van der Waals surface area contributed by atoms with E-state index in [1.807, 2.05) is 35.4 Å². The molecule has 1 fully saturated rings. The maximum absolute atomic E-state index is 12.5. The zero-order chi connectivity index (χ0) is 20.6. The molecule has 1 aliphatic heterocycles. The van der Waals surface area contributed by atoms with Gasteiger partial charge in [0.25, 0.3) is 0 Å². The average molecular weight is 435 g/mol. The van der Waals surface area contributed by atoms with Crippen molar-refractivity contribution in [2.24, 2.45) is 4.99 Å². The first-order valence-electron chi connectivity index (χ1n) is 9.69. The molecule has 0 radical (unpaired) electrons. The van der Waals surface area contributed by atoms with Crippen LogP contribution in [-0.4, -0.2) is 68.1 Å². The Balaban J connectivity index is 1.37. The molecule has 9 heteroatoms. The minimum Gasteiger partial charge on any atom is -0.368 e. The number of nitrogens with zero attached hydrogens (tertiary/aromatic N) is 4. The van der Waals surface area contributed by atoms with Crippen LogP contribution in [0.5, 0.6) is 0 Å². The second-order valence-electron chi connectivity index (χ2n) is 6.81. The normalized spacial score (nSPS) is 14.8. The fraction of sp³-hybridized carbons (Fsp3) is 0.450. The minimum absolute atomic E-state index is 0.0826. The number of aliphatic imine (C=N–C) groups is 1. The van der Waals surface area contributed by atoms with E-state index in [1.54, 1.807) is 18.4 Å². The van der Waals surface area contributed by atoms with E-state index in [4.69, 9.17) is 11.6 Å². The maximum Gasteiger partial charge on any atom is 0.242 e. The van der Waals surface area contributed by atoms with Crippen molar-refractivity contribution in [1.29, 1.82) is 0 Å². The van der Waals surface area contributed by atoms with Crippen LogP contribution in [0.1, 0.15) is 9.88 Å². The molecular weight excluding hydrogens is 408 g/mol. The van der Waals surface area contributed by atoms with Crippen molar-refractivity contribution >= 4 is 40.5 Å². The Morgan fingerprint density at radius 1 is 1.21 bits per heavy atom. The zero-order valence-electron chi connectivity index (χ0n) is 16.8. The average Bonchev–Trinajstić information content (AvgIpc) is 3.16. The molecule has 29 heavy (non-hydrogen) atoms. The number of halogens is 1. The van der Waals surface area contributed by atoms with Gasteiger partial charge in [-0.05, 0) is 31.2 Å². The predicted molar refractivity (Wildman–Crippen MR) is 120 cm³/mol. The van der Waals surface area contributed by atoms with Crippen LogP contribution in [0.3, 0.4) is 0 Å². The number of aromatic nitrogens is 1. The van der Waals surface area contributed by atoms with Crippen LogP contribution in [0, 0.1) is 6.92 Å². The lowest BCUT2D eigenvalue weighted by atomic mass is 10.2. The number of thiazole rings is 1. The van der Waals surface area contributed by atoms with Crippen molar-refractivity contribution in [3.8, 4) is 0 Å². The molecule has 0 saturated carbocycles. The van der Waals surface area contributed by atoms with Crippen LogP contribution in [0.15, 0.2) is 35.5 Å². The van der Waals surface area contributed by atoms with Crippen LogP contribution < -0.4 is 15.5 Å². The summed E-state index contributed by atoms with van der Waals surface area (Å²) in [5.74, 6) is 0.714. The number of piperazine rings is 1. The summed E-state index contributed by atoms with van der Waals surface area (Å²) in [5.41, 5.74) is 1.14. The van der Waals surface area contributed by atoms with Gasteiger partial charge in [0.2, 0.25) is 5.91 Å². The summed E-state index contributed by atoms with van der Waals surface area (Å²) in [6.07, 6.45) is 2.72. The highest BCUT2D eigenvalue weighted by atomic mass is 35.5. The Bertz CT molecular complexity index is 830. The summed E-state index contributed by atoms with van der Waals surface area (Å²) in [4.78, 5) is 26.5. The van der Waals surface area contributed by atoms with Crippen molar-refractivity contribution in [2.75, 3.05) is 51.2 Å². The third-order valence-corrected chi connectivity index (χ3v) is 5.98. The highest BCUT2D eigenvalue weighted by Gasteiger charge is 2.21. The number of hydrogen-bond acceptors (Lipinski definition) is 5. The van der Waals surface area contributed by atoms with Crippen molar-refractivity contribution in [2.45, 2.75) is 13.3 Å². The molecule has 0 bridgehead atoms. The Kier molecular flexibility index (Phi) is 7.71. The zero-order valence-corrected chi connectivity index (χ0v) is 18.4. The predicted octanol–water partition coefficient (Wildman–Crippen LogP) is 2.16. The van der Waals surface area contributed by atoms with E-state index in [0.29, 0.717) is 19.0 Å². The smallest absolute Gasteiger partial charge is 0.242 e. The van der Waals surface area contributed by atoms with Crippen LogP contribution in [0.25, 0.3) is 0 Å². The van der Waals surface area contributed by atoms with E-state index in [-0.39, 0.29) is 12.5 Å². The quantitative estimate of drug-likeness (QED) is 0.538. The molecule has 2 N–H and O–H groups in total. The molecule has 1 aliphatic rings. The van der Waals surface area contributed by atoms with Crippen LogP contribution in [-0.2, 0) is 11.2 Å². The first-order chi connectivity index (χ1) is 14.0. The van der Waals surface area contributed by atoms with Gasteiger partial charge in [0, 0.05) is 68.0 Å². The molecule has 0 aliphatic carbocycles. The lowest BCUT2D eigenvalue weighted by Gasteiger charge is -2.36. The lowest BCUT2D eigenvalue weighted by Crippen LogP contribution is -2.52. The Labute approximate surface area is 180 Å². The maximum atomic E-state index is 12.5. The molecule has 1 amide bonds. The fourth-order valence-electron chi connectivity index (χ4n) is 3.16. The molecule has 7 nitrogen and oxygen atoms in total. The van der Waals surface area contributed by atoms with Gasteiger partial charge in [0.15, 0.2) is 5.96 Å². The number of nitrogens with one attached hydrogen (secondary N) is 2. The number of aryl methyl sites for hydroxylation is 1. The van der Waals surface area contributed by atoms with Gasteiger partial charge in [-0.15, -0.1) is 11.3 Å². The monoisotopic (exact) mass is 434 g/mol. The first-order valence-corrected chi connectivity index (χ1v) is 10.9. The Hall–Kier alpha value is -2.32. The van der Waals surface area contributed by atoms with Crippen LogP contribution >= 0.6 is 22.9 Å². The fourth-order valence-corrected chi connectivity index (χ4v) is 4.08. The largest absolute Gasteiger partial charge is 0.368 e. The Morgan fingerprint density at radius 3 is 2.55 bits per heavy atom. The number of anilines is 1. The van der Waals surface area contributed by atoms with Crippen LogP contribution in [0.2, 0.25) is 5.02 Å². The van der Waals surface area contributed by atoms with Crippen molar-refractivity contribution in [3.63, 3.8) is 0 Å². The molecule has 0 unspecified atom stereocenters. The van der Waals surface area contributed by atoms with Gasteiger partial charge in [0.1, 0.15) is 0 Å². The molecule has 1 aromatic heterocycles. The molecule has 1 saturated heterocycles. The number of guanidine groups is 1. The van der Waals surface area contributed by atoms with E-state index in [0.717, 1.165) is 41.8 Å². The molecule has 2 aromatic rings. The minimum atomic E-state index is 0.0826. The van der Waals surface area contributed by atoms with Gasteiger partial charge in [-0.3, -0.25) is 9.79 Å². The van der Waals surface area contributed by atoms with Crippen molar-refractivity contribution in [1.82, 2.24) is 20.5 Å². The second kappa shape index (κ2) is 10.5. The third-order valence-electron chi connectivity index (χ3n) is 4.76. The molecule has 3 rings (SSSR count). The highest BCUT2D eigenvalue weighted by Crippen LogP contribution is 2.19. The van der Waals surface area contributed by atoms with Gasteiger partial charge in [-0.2, -0.15) is 0 Å². The molecule has 156 valence electrons. The van der Waals surface area contributed by atoms with Gasteiger partial charge >= 0.3 is 0 Å². The summed E-state index contributed by atoms with van der Waals surface area (Å²) in [6, 6.07) is 7.83. The lowest BCUT2D eigenvalue weighted by molar-refractivity contribution is -0.130. The molecule has 2 heterocycles. The van der Waals surface area contributed by atoms with E-state index >= 15 is 0 Å². The van der Waals surface area contributed by atoms with E-state index in [9.17, 15) is 4.79 Å². The molecule has 0 atom stereocenters.